The van der Waals surface area contributed by atoms with Crippen LogP contribution in [0.3, 0.4) is 0 Å². The van der Waals surface area contributed by atoms with E-state index in [0.29, 0.717) is 0 Å². The first-order valence-electron chi connectivity index (χ1n) is 7.87. The Morgan fingerprint density at radius 2 is 1.50 bits per heavy atom. The molecule has 1 heterocycles. The normalized spacial score (nSPS) is 10.5. The van der Waals surface area contributed by atoms with Crippen molar-refractivity contribution in [2.75, 3.05) is 0 Å². The van der Waals surface area contributed by atoms with Crippen LogP contribution in [0.4, 0.5) is 0 Å². The SMILES string of the molecule is C=Cc1cccc2c1cc1ccccc1[n+]2Cc1ccccc1.[Cl-]. The number of nitrogens with zero attached hydrogens (tertiary/aromatic N) is 1. The molecule has 0 amide bonds. The number of pyridine rings is 1. The molecule has 2 heteroatoms. The van der Waals surface area contributed by atoms with E-state index >= 15 is 0 Å². The van der Waals surface area contributed by atoms with Gasteiger partial charge in [0.25, 0.3) is 0 Å². The molecule has 0 aliphatic carbocycles. The zero-order chi connectivity index (χ0) is 15.6. The van der Waals surface area contributed by atoms with Gasteiger partial charge in [-0.15, -0.1) is 0 Å². The van der Waals surface area contributed by atoms with E-state index in [2.05, 4.69) is 90.0 Å². The average molecular weight is 332 g/mol. The molecule has 0 aliphatic rings. The van der Waals surface area contributed by atoms with Crippen molar-refractivity contribution >= 4 is 27.9 Å². The van der Waals surface area contributed by atoms with Crippen LogP contribution in [0.25, 0.3) is 27.9 Å². The second-order valence-electron chi connectivity index (χ2n) is 5.76. The van der Waals surface area contributed by atoms with Crippen LogP contribution in [0.1, 0.15) is 11.1 Å². The van der Waals surface area contributed by atoms with E-state index < -0.39 is 0 Å². The largest absolute Gasteiger partial charge is 1.00 e. The van der Waals surface area contributed by atoms with Gasteiger partial charge < -0.3 is 12.4 Å². The zero-order valence-corrected chi connectivity index (χ0v) is 14.1. The summed E-state index contributed by atoms with van der Waals surface area (Å²) in [6.07, 6.45) is 1.93. The van der Waals surface area contributed by atoms with Crippen LogP contribution in [0.5, 0.6) is 0 Å². The Labute approximate surface area is 148 Å². The summed E-state index contributed by atoms with van der Waals surface area (Å²) in [6, 6.07) is 27.9. The van der Waals surface area contributed by atoms with Gasteiger partial charge in [0, 0.05) is 23.1 Å². The highest BCUT2D eigenvalue weighted by molar-refractivity contribution is 5.93. The lowest BCUT2D eigenvalue weighted by molar-refractivity contribution is -0.635. The van der Waals surface area contributed by atoms with Crippen molar-refractivity contribution in [2.45, 2.75) is 6.54 Å². The molecule has 3 aromatic carbocycles. The Bertz CT molecular complexity index is 1010. The molecule has 0 spiro atoms. The van der Waals surface area contributed by atoms with Crippen LogP contribution in [-0.2, 0) is 6.54 Å². The lowest BCUT2D eigenvalue weighted by Crippen LogP contribution is -3.00. The van der Waals surface area contributed by atoms with Crippen molar-refractivity contribution in [1.82, 2.24) is 0 Å². The van der Waals surface area contributed by atoms with Gasteiger partial charge in [0.15, 0.2) is 6.54 Å². The molecular weight excluding hydrogens is 314 g/mol. The number of fused-ring (bicyclic) bond motifs is 2. The van der Waals surface area contributed by atoms with Gasteiger partial charge >= 0.3 is 0 Å². The molecule has 0 bridgehead atoms. The Kier molecular flexibility index (Phi) is 4.64. The van der Waals surface area contributed by atoms with Gasteiger partial charge in [-0.1, -0.05) is 67.3 Å². The molecule has 0 unspecified atom stereocenters. The van der Waals surface area contributed by atoms with Gasteiger partial charge in [-0.3, -0.25) is 0 Å². The monoisotopic (exact) mass is 331 g/mol. The fraction of sp³-hybridized carbons (Fsp3) is 0.0455. The molecule has 0 radical (unpaired) electrons. The molecule has 118 valence electrons. The minimum absolute atomic E-state index is 0. The molecule has 0 atom stereocenters. The van der Waals surface area contributed by atoms with Crippen molar-refractivity contribution in [3.05, 3.63) is 96.6 Å². The maximum Gasteiger partial charge on any atom is 0.213 e. The van der Waals surface area contributed by atoms with Crippen molar-refractivity contribution in [1.29, 1.82) is 0 Å². The summed E-state index contributed by atoms with van der Waals surface area (Å²) < 4.78 is 2.40. The Hall–Kier alpha value is -2.64. The summed E-state index contributed by atoms with van der Waals surface area (Å²) in [5.74, 6) is 0. The molecule has 1 nitrogen and oxygen atoms in total. The Morgan fingerprint density at radius 1 is 0.792 bits per heavy atom. The third-order valence-corrected chi connectivity index (χ3v) is 4.34. The van der Waals surface area contributed by atoms with E-state index in [1.54, 1.807) is 0 Å². The summed E-state index contributed by atoms with van der Waals surface area (Å²) in [7, 11) is 0. The van der Waals surface area contributed by atoms with Crippen molar-refractivity contribution in [2.24, 2.45) is 0 Å². The minimum Gasteiger partial charge on any atom is -1.00 e. The van der Waals surface area contributed by atoms with Crippen LogP contribution < -0.4 is 17.0 Å². The predicted molar refractivity (Wildman–Crippen MR) is 97.3 cm³/mol. The lowest BCUT2D eigenvalue weighted by Gasteiger charge is -2.08. The maximum atomic E-state index is 3.97. The number of halogens is 1. The van der Waals surface area contributed by atoms with Crippen molar-refractivity contribution < 1.29 is 17.0 Å². The highest BCUT2D eigenvalue weighted by atomic mass is 35.5. The zero-order valence-electron chi connectivity index (χ0n) is 13.3. The number of hydrogen-bond acceptors (Lipinski definition) is 0. The topological polar surface area (TPSA) is 3.88 Å². The van der Waals surface area contributed by atoms with E-state index in [1.165, 1.54) is 32.9 Å². The molecule has 4 aromatic rings. The van der Waals surface area contributed by atoms with Gasteiger partial charge in [0.05, 0.1) is 5.39 Å². The van der Waals surface area contributed by atoms with Gasteiger partial charge in [-0.2, -0.15) is 4.57 Å². The third-order valence-electron chi connectivity index (χ3n) is 4.34. The molecule has 4 rings (SSSR count). The quantitative estimate of drug-likeness (QED) is 0.399. The molecule has 0 fully saturated rings. The van der Waals surface area contributed by atoms with Gasteiger partial charge in [0.2, 0.25) is 11.0 Å². The van der Waals surface area contributed by atoms with E-state index in [-0.39, 0.29) is 12.4 Å². The van der Waals surface area contributed by atoms with Crippen LogP contribution in [-0.4, -0.2) is 0 Å². The van der Waals surface area contributed by atoms with Crippen LogP contribution >= 0.6 is 0 Å². The van der Waals surface area contributed by atoms with E-state index in [0.717, 1.165) is 6.54 Å². The van der Waals surface area contributed by atoms with E-state index in [9.17, 15) is 0 Å². The van der Waals surface area contributed by atoms with Crippen molar-refractivity contribution in [3.63, 3.8) is 0 Å². The number of aromatic nitrogens is 1. The smallest absolute Gasteiger partial charge is 0.213 e. The highest BCUT2D eigenvalue weighted by Gasteiger charge is 2.16. The van der Waals surface area contributed by atoms with Crippen LogP contribution in [0, 0.1) is 0 Å². The maximum absolute atomic E-state index is 3.97. The minimum atomic E-state index is 0. The van der Waals surface area contributed by atoms with E-state index in [4.69, 9.17) is 0 Å². The molecule has 1 aromatic heterocycles. The van der Waals surface area contributed by atoms with Gasteiger partial charge in [-0.05, 0) is 17.7 Å². The molecule has 24 heavy (non-hydrogen) atoms. The number of rotatable bonds is 3. The standard InChI is InChI=1S/C22H18N.ClH/c1-2-18-12-8-14-22-20(18)15-19-11-6-7-13-21(19)23(22)16-17-9-4-3-5-10-17;/h2-15H,1,16H2;1H/q+1;/p-1. The summed E-state index contributed by atoms with van der Waals surface area (Å²) in [4.78, 5) is 0. The lowest BCUT2D eigenvalue weighted by atomic mass is 10.0. The van der Waals surface area contributed by atoms with Gasteiger partial charge in [-0.25, -0.2) is 0 Å². The molecule has 0 saturated carbocycles. The Morgan fingerprint density at radius 3 is 2.29 bits per heavy atom. The summed E-state index contributed by atoms with van der Waals surface area (Å²) in [5, 5.41) is 2.50. The fourth-order valence-electron chi connectivity index (χ4n) is 3.22. The first-order chi connectivity index (χ1) is 11.4. The number of benzene rings is 3. The third kappa shape index (κ3) is 2.79. The van der Waals surface area contributed by atoms with Crippen LogP contribution in [0.15, 0.2) is 85.4 Å². The summed E-state index contributed by atoms with van der Waals surface area (Å²) in [5.41, 5.74) is 4.98. The van der Waals surface area contributed by atoms with Gasteiger partial charge in [0.1, 0.15) is 0 Å². The average Bonchev–Trinajstić information content (AvgIpc) is 2.62. The Balaban J connectivity index is 0.00000169. The van der Waals surface area contributed by atoms with E-state index in [1.807, 2.05) is 6.08 Å². The molecule has 0 saturated heterocycles. The number of para-hydroxylation sites is 1. The highest BCUT2D eigenvalue weighted by Crippen LogP contribution is 2.22. The summed E-state index contributed by atoms with van der Waals surface area (Å²) in [6.45, 7) is 4.83. The first-order valence-corrected chi connectivity index (χ1v) is 7.87. The summed E-state index contributed by atoms with van der Waals surface area (Å²) >= 11 is 0. The number of hydrogen-bond donors (Lipinski definition) is 0. The molecule has 0 aliphatic heterocycles. The molecular formula is C22H18ClN. The van der Waals surface area contributed by atoms with Crippen molar-refractivity contribution in [3.8, 4) is 0 Å². The molecule has 0 N–H and O–H groups in total. The second-order valence-corrected chi connectivity index (χ2v) is 5.76. The first kappa shape index (κ1) is 16.2. The second kappa shape index (κ2) is 6.86. The van der Waals surface area contributed by atoms with Crippen LogP contribution in [0.2, 0.25) is 0 Å². The predicted octanol–water partition coefficient (Wildman–Crippen LogP) is 1.98. The fourth-order valence-corrected chi connectivity index (χ4v) is 3.22.